The molecule has 1 amide bonds. The Balaban J connectivity index is 2.08. The van der Waals surface area contributed by atoms with Crippen molar-refractivity contribution in [2.24, 2.45) is 5.41 Å². The summed E-state index contributed by atoms with van der Waals surface area (Å²) >= 11 is 1.67. The molecule has 3 nitrogen and oxygen atoms in total. The van der Waals surface area contributed by atoms with Crippen LogP contribution in [0.5, 0.6) is 0 Å². The van der Waals surface area contributed by atoms with E-state index in [2.05, 4.69) is 26.1 Å². The minimum Gasteiger partial charge on any atom is -0.380 e. The lowest BCUT2D eigenvalue weighted by molar-refractivity contribution is -0.124. The van der Waals surface area contributed by atoms with E-state index >= 15 is 0 Å². The molecule has 4 heteroatoms. The monoisotopic (exact) mass is 217 g/mol. The van der Waals surface area contributed by atoms with Gasteiger partial charge in [-0.1, -0.05) is 20.8 Å². The Morgan fingerprint density at radius 1 is 1.57 bits per heavy atom. The number of nitrogens with one attached hydrogen (secondary N) is 1. The minimum absolute atomic E-state index is 0.136. The van der Waals surface area contributed by atoms with Gasteiger partial charge in [-0.05, 0) is 5.25 Å². The van der Waals surface area contributed by atoms with Crippen LogP contribution >= 0.6 is 11.8 Å². The molecule has 1 aliphatic rings. The molecule has 1 fully saturated rings. The Labute approximate surface area is 90.0 Å². The van der Waals surface area contributed by atoms with Gasteiger partial charge in [-0.3, -0.25) is 4.79 Å². The van der Waals surface area contributed by atoms with Crippen molar-refractivity contribution in [2.75, 3.05) is 25.5 Å². The average molecular weight is 217 g/mol. The van der Waals surface area contributed by atoms with Gasteiger partial charge in [0.25, 0.3) is 0 Å². The van der Waals surface area contributed by atoms with Gasteiger partial charge < -0.3 is 10.1 Å². The molecule has 1 aliphatic heterocycles. The highest BCUT2D eigenvalue weighted by molar-refractivity contribution is 8.00. The third-order valence-corrected chi connectivity index (χ3v) is 3.26. The summed E-state index contributed by atoms with van der Waals surface area (Å²) < 4.78 is 5.11. The van der Waals surface area contributed by atoms with E-state index in [4.69, 9.17) is 4.74 Å². The SMILES string of the molecule is CC(C)SCC(=O)NCC1(C)COC1. The second kappa shape index (κ2) is 5.03. The summed E-state index contributed by atoms with van der Waals surface area (Å²) in [4.78, 5) is 11.4. The lowest BCUT2D eigenvalue weighted by Crippen LogP contribution is -2.48. The van der Waals surface area contributed by atoms with Gasteiger partial charge in [0.2, 0.25) is 5.91 Å². The van der Waals surface area contributed by atoms with Gasteiger partial charge in [0, 0.05) is 12.0 Å². The van der Waals surface area contributed by atoms with Crippen molar-refractivity contribution < 1.29 is 9.53 Å². The number of hydrogen-bond acceptors (Lipinski definition) is 3. The molecular formula is C10H19NO2S. The van der Waals surface area contributed by atoms with Gasteiger partial charge in [-0.2, -0.15) is 0 Å². The molecule has 14 heavy (non-hydrogen) atoms. The normalized spacial score (nSPS) is 19.1. The number of ether oxygens (including phenoxy) is 1. The van der Waals surface area contributed by atoms with Crippen LogP contribution in [0.4, 0.5) is 0 Å². The first-order chi connectivity index (χ1) is 6.52. The molecular weight excluding hydrogens is 198 g/mol. The first-order valence-corrected chi connectivity index (χ1v) is 6.03. The largest absolute Gasteiger partial charge is 0.380 e. The third-order valence-electron chi connectivity index (χ3n) is 2.16. The summed E-state index contributed by atoms with van der Waals surface area (Å²) in [5.41, 5.74) is 0.179. The lowest BCUT2D eigenvalue weighted by atomic mass is 9.89. The molecule has 0 aliphatic carbocycles. The van der Waals surface area contributed by atoms with Crippen molar-refractivity contribution in [3.05, 3.63) is 0 Å². The van der Waals surface area contributed by atoms with E-state index in [0.29, 0.717) is 11.0 Å². The van der Waals surface area contributed by atoms with Gasteiger partial charge >= 0.3 is 0 Å². The van der Waals surface area contributed by atoms with Crippen molar-refractivity contribution >= 4 is 17.7 Å². The number of amides is 1. The van der Waals surface area contributed by atoms with Crippen LogP contribution in [-0.2, 0) is 9.53 Å². The smallest absolute Gasteiger partial charge is 0.230 e. The van der Waals surface area contributed by atoms with Gasteiger partial charge in [0.05, 0.1) is 19.0 Å². The average Bonchev–Trinajstić information content (AvgIpc) is 2.08. The molecule has 82 valence electrons. The second-order valence-electron chi connectivity index (χ2n) is 4.44. The second-order valence-corrected chi connectivity index (χ2v) is 6.00. The predicted octanol–water partition coefficient (Wildman–Crippen LogP) is 1.28. The summed E-state index contributed by atoms with van der Waals surface area (Å²) in [6.07, 6.45) is 0. The van der Waals surface area contributed by atoms with E-state index in [1.165, 1.54) is 0 Å². The fourth-order valence-corrected chi connectivity index (χ4v) is 1.74. The third kappa shape index (κ3) is 3.88. The number of hydrogen-bond donors (Lipinski definition) is 1. The summed E-state index contributed by atoms with van der Waals surface area (Å²) in [6.45, 7) is 8.60. The number of thioether (sulfide) groups is 1. The van der Waals surface area contributed by atoms with Crippen molar-refractivity contribution in [2.45, 2.75) is 26.0 Å². The number of rotatable bonds is 5. The van der Waals surface area contributed by atoms with Crippen LogP contribution in [0.2, 0.25) is 0 Å². The molecule has 0 unspecified atom stereocenters. The van der Waals surface area contributed by atoms with Crippen LogP contribution in [-0.4, -0.2) is 36.7 Å². The summed E-state index contributed by atoms with van der Waals surface area (Å²) in [6, 6.07) is 0. The maximum Gasteiger partial charge on any atom is 0.230 e. The molecule has 1 heterocycles. The zero-order valence-electron chi connectivity index (χ0n) is 9.13. The van der Waals surface area contributed by atoms with Gasteiger partial charge in [0.15, 0.2) is 0 Å². The molecule has 0 saturated carbocycles. The van der Waals surface area contributed by atoms with Crippen molar-refractivity contribution in [1.29, 1.82) is 0 Å². The highest BCUT2D eigenvalue weighted by atomic mass is 32.2. The zero-order valence-corrected chi connectivity index (χ0v) is 9.95. The van der Waals surface area contributed by atoms with Crippen molar-refractivity contribution in [3.8, 4) is 0 Å². The Morgan fingerprint density at radius 3 is 2.64 bits per heavy atom. The molecule has 0 atom stereocenters. The maximum atomic E-state index is 11.4. The topological polar surface area (TPSA) is 38.3 Å². The number of carbonyl (C=O) groups is 1. The van der Waals surface area contributed by atoms with Crippen LogP contribution in [0.1, 0.15) is 20.8 Å². The van der Waals surface area contributed by atoms with E-state index in [9.17, 15) is 4.79 Å². The van der Waals surface area contributed by atoms with Crippen molar-refractivity contribution in [1.82, 2.24) is 5.32 Å². The Morgan fingerprint density at radius 2 is 2.21 bits per heavy atom. The van der Waals surface area contributed by atoms with Crippen LogP contribution in [0, 0.1) is 5.41 Å². The molecule has 1 rings (SSSR count). The summed E-state index contributed by atoms with van der Waals surface area (Å²) in [5.74, 6) is 0.700. The van der Waals surface area contributed by atoms with E-state index in [1.54, 1.807) is 11.8 Å². The molecule has 0 aromatic heterocycles. The molecule has 1 N–H and O–H groups in total. The highest BCUT2D eigenvalue weighted by Crippen LogP contribution is 2.25. The van der Waals surface area contributed by atoms with E-state index < -0.39 is 0 Å². The summed E-state index contributed by atoms with van der Waals surface area (Å²) in [7, 11) is 0. The van der Waals surface area contributed by atoms with Crippen molar-refractivity contribution in [3.63, 3.8) is 0 Å². The molecule has 1 saturated heterocycles. The predicted molar refractivity (Wildman–Crippen MR) is 59.5 cm³/mol. The first-order valence-electron chi connectivity index (χ1n) is 4.98. The standard InChI is InChI=1S/C10H19NO2S/c1-8(2)14-4-9(12)11-5-10(3)6-13-7-10/h8H,4-7H2,1-3H3,(H,11,12). The maximum absolute atomic E-state index is 11.4. The quantitative estimate of drug-likeness (QED) is 0.754. The van der Waals surface area contributed by atoms with Crippen LogP contribution in [0.25, 0.3) is 0 Å². The van der Waals surface area contributed by atoms with E-state index in [0.717, 1.165) is 19.8 Å². The molecule has 0 bridgehead atoms. The molecule has 0 aromatic carbocycles. The zero-order chi connectivity index (χ0) is 10.6. The highest BCUT2D eigenvalue weighted by Gasteiger charge is 2.33. The Hall–Kier alpha value is -0.220. The van der Waals surface area contributed by atoms with Crippen LogP contribution in [0.15, 0.2) is 0 Å². The first kappa shape index (κ1) is 11.9. The van der Waals surface area contributed by atoms with Gasteiger partial charge in [-0.15, -0.1) is 11.8 Å². The molecule has 0 spiro atoms. The lowest BCUT2D eigenvalue weighted by Gasteiger charge is -2.38. The number of carbonyl (C=O) groups excluding carboxylic acids is 1. The fourth-order valence-electron chi connectivity index (χ4n) is 1.16. The van der Waals surface area contributed by atoms with Gasteiger partial charge in [-0.25, -0.2) is 0 Å². The molecule has 0 aromatic rings. The Kier molecular flexibility index (Phi) is 4.26. The van der Waals surface area contributed by atoms with E-state index in [1.807, 2.05) is 0 Å². The minimum atomic E-state index is 0.136. The summed E-state index contributed by atoms with van der Waals surface area (Å²) in [5, 5.41) is 3.46. The fraction of sp³-hybridized carbons (Fsp3) is 0.900. The molecule has 0 radical (unpaired) electrons. The van der Waals surface area contributed by atoms with E-state index in [-0.39, 0.29) is 11.3 Å². The van der Waals surface area contributed by atoms with Crippen LogP contribution < -0.4 is 5.32 Å². The van der Waals surface area contributed by atoms with Gasteiger partial charge in [0.1, 0.15) is 0 Å². The van der Waals surface area contributed by atoms with Crippen LogP contribution in [0.3, 0.4) is 0 Å². The Bertz CT molecular complexity index is 202.